The van der Waals surface area contributed by atoms with E-state index >= 15 is 0 Å². The van der Waals surface area contributed by atoms with Crippen molar-refractivity contribution in [1.82, 2.24) is 0 Å². The quantitative estimate of drug-likeness (QED) is 0.0982. The molecule has 1 fully saturated rings. The maximum Gasteiger partial charge on any atom is 0.672 e. The smallest absolute Gasteiger partial charge is 0.350 e. The van der Waals surface area contributed by atoms with Gasteiger partial charge in [-0.2, -0.15) is 0 Å². The first kappa shape index (κ1) is 42.5. The maximum absolute atomic E-state index is 6.99. The SMILES string of the molecule is CCC(C)O[Si](OC(C)CC)(OC(C)CC)O[Si]1(C)O[Si](OC(C)CC)(OC(C)CC)O[Si](OC(C)CC)(OC(C)CC)O1. The molecule has 0 spiro atoms. The summed E-state index contributed by atoms with van der Waals surface area (Å²) in [5.41, 5.74) is 0. The molecule has 1 rings (SSSR count). The van der Waals surface area contributed by atoms with Gasteiger partial charge in [0.1, 0.15) is 0 Å². The van der Waals surface area contributed by atoms with Gasteiger partial charge in [0.2, 0.25) is 0 Å². The van der Waals surface area contributed by atoms with E-state index in [1.807, 2.05) is 96.9 Å². The summed E-state index contributed by atoms with van der Waals surface area (Å²) in [6.45, 7) is 29.9. The average Bonchev–Trinajstić information content (AvgIpc) is 2.95. The van der Waals surface area contributed by atoms with Crippen LogP contribution in [0.25, 0.3) is 0 Å². The van der Waals surface area contributed by atoms with Crippen molar-refractivity contribution in [2.75, 3.05) is 0 Å². The second kappa shape index (κ2) is 19.4. The molecule has 0 amide bonds. The van der Waals surface area contributed by atoms with Crippen molar-refractivity contribution >= 4 is 35.9 Å². The predicted molar refractivity (Wildman–Crippen MR) is 179 cm³/mol. The van der Waals surface area contributed by atoms with Crippen LogP contribution >= 0.6 is 0 Å². The van der Waals surface area contributed by atoms with Gasteiger partial charge in [0.05, 0.1) is 0 Å². The molecule has 15 heteroatoms. The summed E-state index contributed by atoms with van der Waals surface area (Å²) in [7, 11) is -16.0. The predicted octanol–water partition coefficient (Wildman–Crippen LogP) is 7.65. The van der Waals surface area contributed by atoms with Gasteiger partial charge in [-0.25, -0.2) is 0 Å². The minimum Gasteiger partial charge on any atom is -0.350 e. The molecule has 0 N–H and O–H groups in total. The third-order valence-corrected chi connectivity index (χ3v) is 21.9. The van der Waals surface area contributed by atoms with E-state index in [2.05, 4.69) is 0 Å². The molecule has 1 saturated heterocycles. The van der Waals surface area contributed by atoms with E-state index in [0.29, 0.717) is 25.7 Å². The van der Waals surface area contributed by atoms with Crippen LogP contribution in [0.1, 0.15) is 142 Å². The molecule has 0 bridgehead atoms. The molecule has 7 atom stereocenters. The fourth-order valence-electron chi connectivity index (χ4n) is 3.65. The third-order valence-electron chi connectivity index (χ3n) is 7.62. The number of hydrogen-bond acceptors (Lipinski definition) is 11. The van der Waals surface area contributed by atoms with Crippen LogP contribution in [-0.2, 0) is 47.4 Å². The number of rotatable bonds is 23. The first-order valence-electron chi connectivity index (χ1n) is 17.1. The van der Waals surface area contributed by atoms with Crippen molar-refractivity contribution in [3.8, 4) is 0 Å². The summed E-state index contributed by atoms with van der Waals surface area (Å²) in [5.74, 6) is 0. The lowest BCUT2D eigenvalue weighted by Gasteiger charge is -2.50. The molecule has 0 aromatic carbocycles. The van der Waals surface area contributed by atoms with Crippen molar-refractivity contribution in [3.05, 3.63) is 0 Å². The Kier molecular flexibility index (Phi) is 18.7. The van der Waals surface area contributed by atoms with Crippen molar-refractivity contribution < 1.29 is 47.4 Å². The van der Waals surface area contributed by atoms with E-state index in [-0.39, 0.29) is 42.7 Å². The second-order valence-corrected chi connectivity index (χ2v) is 21.8. The molecule has 264 valence electrons. The van der Waals surface area contributed by atoms with Gasteiger partial charge in [-0.05, 0) is 93.4 Å². The molecule has 0 aromatic rings. The minimum atomic E-state index is -4.05. The van der Waals surface area contributed by atoms with Crippen LogP contribution in [0, 0.1) is 0 Å². The molecule has 1 aliphatic heterocycles. The van der Waals surface area contributed by atoms with Gasteiger partial charge in [0, 0.05) is 49.3 Å². The van der Waals surface area contributed by atoms with E-state index < -0.39 is 35.9 Å². The van der Waals surface area contributed by atoms with Crippen LogP contribution in [0.4, 0.5) is 0 Å². The first-order valence-corrected chi connectivity index (χ1v) is 24.2. The summed E-state index contributed by atoms with van der Waals surface area (Å²) in [6, 6.07) is 0. The Bertz CT molecular complexity index is 707. The van der Waals surface area contributed by atoms with E-state index in [4.69, 9.17) is 47.4 Å². The van der Waals surface area contributed by atoms with Gasteiger partial charge in [0.25, 0.3) is 0 Å². The third kappa shape index (κ3) is 13.5. The first-order chi connectivity index (χ1) is 20.5. The second-order valence-electron chi connectivity index (χ2n) is 12.1. The molecular weight excluding hydrogens is 637 g/mol. The monoisotopic (exact) mass is 702 g/mol. The van der Waals surface area contributed by atoms with Crippen LogP contribution < -0.4 is 0 Å². The van der Waals surface area contributed by atoms with Crippen LogP contribution in [0.15, 0.2) is 0 Å². The summed E-state index contributed by atoms with van der Waals surface area (Å²) >= 11 is 0. The molecule has 1 aliphatic rings. The minimum absolute atomic E-state index is 0.211. The lowest BCUT2D eigenvalue weighted by molar-refractivity contribution is -0.120. The van der Waals surface area contributed by atoms with Crippen molar-refractivity contribution in [2.45, 2.75) is 191 Å². The summed E-state index contributed by atoms with van der Waals surface area (Å²) in [5, 5.41) is 0. The van der Waals surface area contributed by atoms with Crippen LogP contribution in [0.2, 0.25) is 6.55 Å². The van der Waals surface area contributed by atoms with Crippen LogP contribution in [0.5, 0.6) is 0 Å². The largest absolute Gasteiger partial charge is 0.672 e. The van der Waals surface area contributed by atoms with E-state index in [9.17, 15) is 0 Å². The highest BCUT2D eigenvalue weighted by Gasteiger charge is 2.74. The molecule has 0 radical (unpaired) electrons. The van der Waals surface area contributed by atoms with E-state index in [0.717, 1.165) is 19.3 Å². The molecule has 0 aromatic heterocycles. The molecule has 1 heterocycles. The van der Waals surface area contributed by atoms with E-state index in [1.165, 1.54) is 0 Å². The average molecular weight is 703 g/mol. The van der Waals surface area contributed by atoms with Crippen molar-refractivity contribution in [3.63, 3.8) is 0 Å². The Morgan fingerprint density at radius 1 is 0.432 bits per heavy atom. The fourth-order valence-corrected chi connectivity index (χ4v) is 20.0. The van der Waals surface area contributed by atoms with Crippen LogP contribution in [0.3, 0.4) is 0 Å². The molecule has 0 saturated carbocycles. The summed E-state index contributed by atoms with van der Waals surface area (Å²) in [6.07, 6.45) is 3.43. The van der Waals surface area contributed by atoms with Crippen LogP contribution in [-0.4, -0.2) is 78.7 Å². The Balaban J connectivity index is 3.98. The number of hydrogen-bond donors (Lipinski definition) is 0. The van der Waals surface area contributed by atoms with Gasteiger partial charge >= 0.3 is 35.9 Å². The summed E-state index contributed by atoms with van der Waals surface area (Å²) < 4.78 is 73.7. The Morgan fingerprint density at radius 2 is 0.682 bits per heavy atom. The lowest BCUT2D eigenvalue weighted by atomic mass is 10.3. The van der Waals surface area contributed by atoms with E-state index in [1.54, 1.807) is 6.55 Å². The molecular formula is C29H66O11Si4. The Labute approximate surface area is 274 Å². The highest BCUT2D eigenvalue weighted by Crippen LogP contribution is 2.40. The van der Waals surface area contributed by atoms with Gasteiger partial charge < -0.3 is 47.4 Å². The zero-order valence-electron chi connectivity index (χ0n) is 30.5. The molecule has 11 nitrogen and oxygen atoms in total. The molecule has 0 aliphatic carbocycles. The zero-order chi connectivity index (χ0) is 33.8. The van der Waals surface area contributed by atoms with Crippen molar-refractivity contribution in [2.24, 2.45) is 0 Å². The van der Waals surface area contributed by atoms with Crippen molar-refractivity contribution in [1.29, 1.82) is 0 Å². The molecule has 44 heavy (non-hydrogen) atoms. The molecule has 7 unspecified atom stereocenters. The topological polar surface area (TPSA) is 102 Å². The van der Waals surface area contributed by atoms with Gasteiger partial charge in [-0.15, -0.1) is 0 Å². The Morgan fingerprint density at radius 3 is 0.909 bits per heavy atom. The normalized spacial score (nSPS) is 30.6. The lowest BCUT2D eigenvalue weighted by Crippen LogP contribution is -2.78. The summed E-state index contributed by atoms with van der Waals surface area (Å²) in [4.78, 5) is 0. The zero-order valence-corrected chi connectivity index (χ0v) is 34.5. The highest BCUT2D eigenvalue weighted by atomic mass is 28.6. The van der Waals surface area contributed by atoms with Gasteiger partial charge in [-0.1, -0.05) is 48.5 Å². The van der Waals surface area contributed by atoms with Gasteiger partial charge in [-0.3, -0.25) is 0 Å². The maximum atomic E-state index is 6.99. The fraction of sp³-hybridized carbons (Fsp3) is 1.00. The standard InChI is InChI=1S/C29H66O11Si4/c1-16-23(8)30-42(31-24(9)17-2,32-25(10)18-3)37-41(15)38-43(33-26(11)19-4,34-27(12)20-5)40-44(39-41,35-28(13)21-6)36-29(14)22-7/h23-29H,16-22H2,1-15H3. The Hall–Kier alpha value is 0.428. The van der Waals surface area contributed by atoms with Gasteiger partial charge in [0.15, 0.2) is 0 Å². The highest BCUT2D eigenvalue weighted by molar-refractivity contribution is 6.87.